The Hall–Kier alpha value is -3.45. The van der Waals surface area contributed by atoms with E-state index in [0.29, 0.717) is 11.6 Å². The highest BCUT2D eigenvalue weighted by Crippen LogP contribution is 2.28. The first-order valence-corrected chi connectivity index (χ1v) is 13.7. The molecular weight excluding hydrogens is 460 g/mol. The van der Waals surface area contributed by atoms with Crippen LogP contribution in [0.15, 0.2) is 66.4 Å². The average molecular weight is 501 g/mol. The first kappa shape index (κ1) is 26.6. The number of carbonyl (C=O) groups excluding carboxylic acids is 1. The fourth-order valence-corrected chi connectivity index (χ4v) is 4.83. The van der Waals surface area contributed by atoms with Gasteiger partial charge in [-0.15, -0.1) is 0 Å². The number of nitrogens with one attached hydrogen (secondary N) is 3. The molecule has 0 radical (unpaired) electrons. The number of para-hydroxylation sites is 1. The second-order valence-corrected chi connectivity index (χ2v) is 9.64. The fraction of sp³-hybridized carbons (Fsp3) is 0.433. The van der Waals surface area contributed by atoms with E-state index < -0.39 is 0 Å². The fourth-order valence-electron chi connectivity index (χ4n) is 4.83. The summed E-state index contributed by atoms with van der Waals surface area (Å²) in [5, 5.41) is 10.8. The molecule has 3 N–H and O–H groups in total. The van der Waals surface area contributed by atoms with Crippen LogP contribution < -0.4 is 16.0 Å². The zero-order valence-corrected chi connectivity index (χ0v) is 22.3. The number of rotatable bonds is 13. The van der Waals surface area contributed by atoms with Crippen LogP contribution in [0.2, 0.25) is 0 Å². The first-order chi connectivity index (χ1) is 18.1. The Morgan fingerprint density at radius 1 is 1.14 bits per heavy atom. The van der Waals surface area contributed by atoms with Crippen LogP contribution in [0, 0.1) is 0 Å². The summed E-state index contributed by atoms with van der Waals surface area (Å²) in [5.41, 5.74) is 3.57. The number of amides is 1. The standard InChI is InChI=1S/C30H40N6O/c1-4-18-31-19-10-11-22-14-16-25(17-15-22)34-30-32-21-23-20-27(29(37)33-24-12-8-7-9-13-24)36(28(23)35-30)26(5-2)6-3/h7-9,12-16,20-21,25-26,31H,4-6,10-11,17-19H2,1-3H3,(H,33,37)(H,32,34,35). The molecule has 0 fully saturated rings. The summed E-state index contributed by atoms with van der Waals surface area (Å²) in [6.07, 6.45) is 14.7. The third-order valence-electron chi connectivity index (χ3n) is 6.88. The number of fused-ring (bicyclic) bond motifs is 1. The van der Waals surface area contributed by atoms with Gasteiger partial charge in [-0.3, -0.25) is 4.79 Å². The average Bonchev–Trinajstić information content (AvgIpc) is 3.30. The molecule has 2 heterocycles. The summed E-state index contributed by atoms with van der Waals surface area (Å²) < 4.78 is 2.09. The van der Waals surface area contributed by atoms with Crippen LogP contribution in [0.1, 0.15) is 75.8 Å². The minimum absolute atomic E-state index is 0.136. The van der Waals surface area contributed by atoms with Gasteiger partial charge in [0.15, 0.2) is 0 Å². The molecule has 196 valence electrons. The Bertz CT molecular complexity index is 1230. The molecule has 0 spiro atoms. The summed E-state index contributed by atoms with van der Waals surface area (Å²) in [6, 6.07) is 11.8. The molecule has 7 nitrogen and oxygen atoms in total. The predicted molar refractivity (Wildman–Crippen MR) is 153 cm³/mol. The first-order valence-electron chi connectivity index (χ1n) is 13.7. The van der Waals surface area contributed by atoms with E-state index in [1.807, 2.05) is 42.6 Å². The number of nitrogens with zero attached hydrogens (tertiary/aromatic N) is 3. The van der Waals surface area contributed by atoms with E-state index in [1.165, 1.54) is 12.0 Å². The summed E-state index contributed by atoms with van der Waals surface area (Å²) in [6.45, 7) is 8.64. The van der Waals surface area contributed by atoms with E-state index >= 15 is 0 Å². The lowest BCUT2D eigenvalue weighted by Gasteiger charge is -2.20. The molecule has 37 heavy (non-hydrogen) atoms. The van der Waals surface area contributed by atoms with Gasteiger partial charge in [0.2, 0.25) is 5.95 Å². The molecule has 1 aliphatic carbocycles. The molecule has 2 aromatic heterocycles. The van der Waals surface area contributed by atoms with Gasteiger partial charge in [-0.25, -0.2) is 4.98 Å². The maximum atomic E-state index is 13.3. The van der Waals surface area contributed by atoms with Crippen LogP contribution in [-0.4, -0.2) is 39.6 Å². The van der Waals surface area contributed by atoms with Crippen molar-refractivity contribution in [1.29, 1.82) is 0 Å². The van der Waals surface area contributed by atoms with Gasteiger partial charge in [0.05, 0.1) is 6.04 Å². The van der Waals surface area contributed by atoms with Crippen molar-refractivity contribution in [2.24, 2.45) is 0 Å². The SMILES string of the molecule is CCCNCCCC1=CCC(Nc2ncc3cc(C(=O)Nc4ccccc4)n(C(CC)CC)c3n2)C=C1. The van der Waals surface area contributed by atoms with Crippen LogP contribution in [0.4, 0.5) is 11.6 Å². The van der Waals surface area contributed by atoms with Crippen LogP contribution in [0.25, 0.3) is 11.0 Å². The van der Waals surface area contributed by atoms with Crippen molar-refractivity contribution in [3.05, 3.63) is 72.1 Å². The normalized spacial score (nSPS) is 15.2. The van der Waals surface area contributed by atoms with E-state index in [4.69, 9.17) is 4.98 Å². The van der Waals surface area contributed by atoms with Gasteiger partial charge in [0.1, 0.15) is 11.3 Å². The second kappa shape index (κ2) is 13.2. The number of anilines is 2. The van der Waals surface area contributed by atoms with Crippen LogP contribution in [-0.2, 0) is 0 Å². The van der Waals surface area contributed by atoms with E-state index in [2.05, 4.69) is 64.5 Å². The van der Waals surface area contributed by atoms with Crippen LogP contribution in [0.5, 0.6) is 0 Å². The molecule has 0 saturated carbocycles. The van der Waals surface area contributed by atoms with Crippen molar-refractivity contribution < 1.29 is 4.79 Å². The van der Waals surface area contributed by atoms with Gasteiger partial charge in [-0.1, -0.05) is 62.8 Å². The van der Waals surface area contributed by atoms with Gasteiger partial charge < -0.3 is 20.5 Å². The monoisotopic (exact) mass is 500 g/mol. The Morgan fingerprint density at radius 2 is 1.95 bits per heavy atom. The molecule has 3 aromatic rings. The van der Waals surface area contributed by atoms with Crippen LogP contribution in [0.3, 0.4) is 0 Å². The van der Waals surface area contributed by atoms with E-state index in [9.17, 15) is 4.79 Å². The number of aromatic nitrogens is 3. The number of hydrogen-bond acceptors (Lipinski definition) is 5. The zero-order valence-electron chi connectivity index (χ0n) is 22.3. The summed E-state index contributed by atoms with van der Waals surface area (Å²) in [5.74, 6) is 0.450. The predicted octanol–water partition coefficient (Wildman–Crippen LogP) is 6.49. The highest BCUT2D eigenvalue weighted by atomic mass is 16.2. The van der Waals surface area contributed by atoms with E-state index in [1.54, 1.807) is 0 Å². The molecule has 7 heteroatoms. The van der Waals surface area contributed by atoms with Gasteiger partial charge in [0.25, 0.3) is 5.91 Å². The minimum Gasteiger partial charge on any atom is -0.348 e. The lowest BCUT2D eigenvalue weighted by atomic mass is 9.99. The molecule has 1 aliphatic rings. The maximum absolute atomic E-state index is 13.3. The Balaban J connectivity index is 1.49. The van der Waals surface area contributed by atoms with Crippen molar-refractivity contribution in [2.45, 2.75) is 71.4 Å². The lowest BCUT2D eigenvalue weighted by Crippen LogP contribution is -2.21. The van der Waals surface area contributed by atoms with Crippen molar-refractivity contribution >= 4 is 28.6 Å². The Labute approximate surface area is 220 Å². The molecular formula is C30H40N6O. The molecule has 1 amide bonds. The van der Waals surface area contributed by atoms with Crippen molar-refractivity contribution in [3.8, 4) is 0 Å². The lowest BCUT2D eigenvalue weighted by molar-refractivity contribution is 0.101. The number of allylic oxidation sites excluding steroid dienone is 2. The highest BCUT2D eigenvalue weighted by Gasteiger charge is 2.22. The van der Waals surface area contributed by atoms with Gasteiger partial charge in [0, 0.05) is 23.3 Å². The van der Waals surface area contributed by atoms with Gasteiger partial charge in [-0.05, 0) is 69.8 Å². The Kier molecular flexibility index (Phi) is 9.49. The molecule has 0 saturated heterocycles. The third kappa shape index (κ3) is 6.86. The smallest absolute Gasteiger partial charge is 0.272 e. The second-order valence-electron chi connectivity index (χ2n) is 9.64. The molecule has 1 atom stereocenters. The molecule has 4 rings (SSSR count). The molecule has 0 bridgehead atoms. The molecule has 1 aromatic carbocycles. The minimum atomic E-state index is -0.136. The third-order valence-corrected chi connectivity index (χ3v) is 6.88. The van der Waals surface area contributed by atoms with E-state index in [-0.39, 0.29) is 18.0 Å². The largest absolute Gasteiger partial charge is 0.348 e. The van der Waals surface area contributed by atoms with Gasteiger partial charge in [-0.2, -0.15) is 4.98 Å². The molecule has 0 aliphatic heterocycles. The number of hydrogen-bond donors (Lipinski definition) is 3. The van der Waals surface area contributed by atoms with E-state index in [0.717, 1.165) is 61.9 Å². The Morgan fingerprint density at radius 3 is 2.65 bits per heavy atom. The van der Waals surface area contributed by atoms with Gasteiger partial charge >= 0.3 is 0 Å². The quantitative estimate of drug-likeness (QED) is 0.234. The molecule has 1 unspecified atom stereocenters. The van der Waals surface area contributed by atoms with Crippen molar-refractivity contribution in [2.75, 3.05) is 23.7 Å². The van der Waals surface area contributed by atoms with Crippen molar-refractivity contribution in [1.82, 2.24) is 19.9 Å². The van der Waals surface area contributed by atoms with Crippen molar-refractivity contribution in [3.63, 3.8) is 0 Å². The summed E-state index contributed by atoms with van der Waals surface area (Å²) in [4.78, 5) is 22.8. The maximum Gasteiger partial charge on any atom is 0.272 e. The van der Waals surface area contributed by atoms with Crippen LogP contribution >= 0.6 is 0 Å². The highest BCUT2D eigenvalue weighted by molar-refractivity contribution is 6.06. The summed E-state index contributed by atoms with van der Waals surface area (Å²) in [7, 11) is 0. The number of carbonyl (C=O) groups is 1. The summed E-state index contributed by atoms with van der Waals surface area (Å²) >= 11 is 0. The topological polar surface area (TPSA) is 83.9 Å². The zero-order chi connectivity index (χ0) is 26.0. The number of benzene rings is 1.